The van der Waals surface area contributed by atoms with Gasteiger partial charge < -0.3 is 19.7 Å². The van der Waals surface area contributed by atoms with Crippen molar-refractivity contribution in [2.75, 3.05) is 18.4 Å². The number of aromatic hydroxyl groups is 1. The van der Waals surface area contributed by atoms with Crippen molar-refractivity contribution in [2.45, 2.75) is 63.7 Å². The molecule has 2 aliphatic rings. The fraction of sp³-hybridized carbons (Fsp3) is 0.343. The number of piperidine rings is 1. The highest BCUT2D eigenvalue weighted by atomic mass is 16.4. The molecule has 0 radical (unpaired) electrons. The first-order valence-electron chi connectivity index (χ1n) is 15.0. The topological polar surface area (TPSA) is 95.7 Å². The molecule has 6 rings (SSSR count). The highest BCUT2D eigenvalue weighted by Crippen LogP contribution is 2.36. The van der Waals surface area contributed by atoms with Crippen LogP contribution in [0.3, 0.4) is 0 Å². The molecular weight excluding hydrogens is 526 g/mol. The number of likely N-dealkylation sites (tertiary alicyclic amines) is 1. The molecule has 216 valence electrons. The lowest BCUT2D eigenvalue weighted by atomic mass is 9.89. The molecule has 0 atom stereocenters. The summed E-state index contributed by atoms with van der Waals surface area (Å²) in [6.45, 7) is 3.32. The van der Waals surface area contributed by atoms with Gasteiger partial charge in [-0.05, 0) is 73.9 Å². The van der Waals surface area contributed by atoms with Gasteiger partial charge >= 0.3 is 0 Å². The van der Waals surface area contributed by atoms with Crippen molar-refractivity contribution in [1.82, 2.24) is 9.88 Å². The zero-order chi connectivity index (χ0) is 29.1. The van der Waals surface area contributed by atoms with Crippen LogP contribution >= 0.6 is 0 Å². The predicted octanol–water partition coefficient (Wildman–Crippen LogP) is 7.68. The van der Waals surface area contributed by atoms with Crippen molar-refractivity contribution < 1.29 is 19.1 Å². The van der Waals surface area contributed by atoms with Crippen LogP contribution in [-0.4, -0.2) is 39.9 Å². The summed E-state index contributed by atoms with van der Waals surface area (Å²) in [6.07, 6.45) is 7.24. The van der Waals surface area contributed by atoms with Gasteiger partial charge in [-0.15, -0.1) is 0 Å². The molecule has 1 saturated heterocycles. The van der Waals surface area contributed by atoms with Gasteiger partial charge in [0.05, 0.1) is 0 Å². The maximum Gasteiger partial charge on any atom is 0.293 e. The van der Waals surface area contributed by atoms with Crippen LogP contribution in [0.25, 0.3) is 11.3 Å². The lowest BCUT2D eigenvalue weighted by molar-refractivity contribution is 0.0712. The van der Waals surface area contributed by atoms with Gasteiger partial charge in [0.1, 0.15) is 11.4 Å². The van der Waals surface area contributed by atoms with Crippen LogP contribution in [0.5, 0.6) is 5.75 Å². The van der Waals surface area contributed by atoms with Crippen LogP contribution in [0.4, 0.5) is 5.69 Å². The van der Waals surface area contributed by atoms with Crippen molar-refractivity contribution in [3.8, 4) is 17.0 Å². The normalized spacial score (nSPS) is 16.4. The maximum atomic E-state index is 13.6. The minimum absolute atomic E-state index is 0.0187. The Kier molecular flexibility index (Phi) is 8.08. The number of nitrogens with one attached hydrogen (secondary N) is 1. The van der Waals surface area contributed by atoms with Gasteiger partial charge in [-0.1, -0.05) is 67.8 Å². The second kappa shape index (κ2) is 12.2. The van der Waals surface area contributed by atoms with E-state index >= 15 is 0 Å². The molecule has 4 aromatic rings. The van der Waals surface area contributed by atoms with Gasteiger partial charge in [0.15, 0.2) is 5.89 Å². The lowest BCUT2D eigenvalue weighted by Gasteiger charge is -2.32. The van der Waals surface area contributed by atoms with E-state index in [2.05, 4.69) is 29.6 Å². The number of hydrogen-bond donors (Lipinski definition) is 2. The van der Waals surface area contributed by atoms with Crippen LogP contribution in [0.1, 0.15) is 94.7 Å². The van der Waals surface area contributed by atoms with Crippen LogP contribution in [0.2, 0.25) is 0 Å². The summed E-state index contributed by atoms with van der Waals surface area (Å²) < 4.78 is 6.15. The molecule has 1 aliphatic carbocycles. The average molecular weight is 564 g/mol. The fourth-order valence-electron chi connectivity index (χ4n) is 6.29. The van der Waals surface area contributed by atoms with E-state index in [1.165, 1.54) is 12.0 Å². The number of nitrogens with zero attached hydrogens (tertiary/aromatic N) is 2. The minimum Gasteiger partial charge on any atom is -0.508 e. The number of hydrogen-bond acceptors (Lipinski definition) is 5. The molecule has 2 heterocycles. The number of amides is 2. The molecule has 7 nitrogen and oxygen atoms in total. The van der Waals surface area contributed by atoms with E-state index in [9.17, 15) is 14.7 Å². The summed E-state index contributed by atoms with van der Waals surface area (Å²) in [5.74, 6) is 0.947. The molecule has 1 aliphatic heterocycles. The van der Waals surface area contributed by atoms with Gasteiger partial charge in [0.2, 0.25) is 5.76 Å². The third-order valence-corrected chi connectivity index (χ3v) is 8.70. The van der Waals surface area contributed by atoms with Crippen molar-refractivity contribution in [3.63, 3.8) is 0 Å². The molecule has 0 bridgehead atoms. The SMILES string of the molecule is Cc1ccc(NC(=O)c2oc(C3CCCCC3)nc2-c2cccc(O)c2)cc1C(=O)N1CCC(c2ccccc2)CC1. The molecule has 1 saturated carbocycles. The van der Waals surface area contributed by atoms with Gasteiger partial charge in [0.25, 0.3) is 11.8 Å². The summed E-state index contributed by atoms with van der Waals surface area (Å²) in [7, 11) is 0. The molecule has 0 spiro atoms. The van der Waals surface area contributed by atoms with E-state index in [0.717, 1.165) is 44.1 Å². The molecule has 7 heteroatoms. The first-order valence-corrected chi connectivity index (χ1v) is 15.0. The smallest absolute Gasteiger partial charge is 0.293 e. The Morgan fingerprint density at radius 1 is 0.881 bits per heavy atom. The van der Waals surface area contributed by atoms with Gasteiger partial charge in [-0.2, -0.15) is 0 Å². The van der Waals surface area contributed by atoms with Crippen LogP contribution in [0, 0.1) is 6.92 Å². The predicted molar refractivity (Wildman–Crippen MR) is 163 cm³/mol. The molecule has 3 aromatic carbocycles. The van der Waals surface area contributed by atoms with E-state index in [1.807, 2.05) is 30.0 Å². The van der Waals surface area contributed by atoms with E-state index in [0.29, 0.717) is 47.4 Å². The summed E-state index contributed by atoms with van der Waals surface area (Å²) in [4.78, 5) is 33.9. The molecule has 2 N–H and O–H groups in total. The summed E-state index contributed by atoms with van der Waals surface area (Å²) in [6, 6.07) is 22.6. The number of anilines is 1. The number of aromatic nitrogens is 1. The van der Waals surface area contributed by atoms with Crippen molar-refractivity contribution in [3.05, 3.63) is 101 Å². The molecule has 0 unspecified atom stereocenters. The van der Waals surface area contributed by atoms with Gasteiger partial charge in [-0.25, -0.2) is 4.98 Å². The van der Waals surface area contributed by atoms with Crippen molar-refractivity contribution in [1.29, 1.82) is 0 Å². The Morgan fingerprint density at radius 3 is 2.38 bits per heavy atom. The summed E-state index contributed by atoms with van der Waals surface area (Å²) in [5, 5.41) is 13.0. The van der Waals surface area contributed by atoms with E-state index in [-0.39, 0.29) is 23.3 Å². The molecule has 1 aromatic heterocycles. The van der Waals surface area contributed by atoms with Gasteiger partial charge in [0, 0.05) is 35.8 Å². The zero-order valence-electron chi connectivity index (χ0n) is 24.0. The van der Waals surface area contributed by atoms with Crippen LogP contribution in [0.15, 0.2) is 77.2 Å². The number of benzene rings is 3. The van der Waals surface area contributed by atoms with Crippen molar-refractivity contribution >= 4 is 17.5 Å². The highest BCUT2D eigenvalue weighted by Gasteiger charge is 2.29. The first kappa shape index (κ1) is 27.8. The van der Waals surface area contributed by atoms with Crippen LogP contribution in [-0.2, 0) is 0 Å². The summed E-state index contributed by atoms with van der Waals surface area (Å²) >= 11 is 0. The largest absolute Gasteiger partial charge is 0.508 e. The number of carbonyl (C=O) groups excluding carboxylic acids is 2. The minimum atomic E-state index is -0.436. The lowest BCUT2D eigenvalue weighted by Crippen LogP contribution is -2.38. The second-order valence-corrected chi connectivity index (χ2v) is 11.6. The van der Waals surface area contributed by atoms with Crippen LogP contribution < -0.4 is 5.32 Å². The highest BCUT2D eigenvalue weighted by molar-refractivity contribution is 6.07. The third kappa shape index (κ3) is 5.96. The zero-order valence-corrected chi connectivity index (χ0v) is 24.0. The number of oxazole rings is 1. The Morgan fingerprint density at radius 2 is 1.64 bits per heavy atom. The second-order valence-electron chi connectivity index (χ2n) is 11.6. The fourth-order valence-corrected chi connectivity index (χ4v) is 6.29. The van der Waals surface area contributed by atoms with Crippen molar-refractivity contribution in [2.24, 2.45) is 0 Å². The number of carbonyl (C=O) groups is 2. The Labute approximate surface area is 246 Å². The standard InChI is InChI=1S/C35H37N3O4/c1-23-15-16-28(22-30(23)35(41)38-19-17-25(18-20-38)24-9-4-2-5-10-24)36-33(40)32-31(27-13-8-14-29(39)21-27)37-34(42-32)26-11-6-3-7-12-26/h2,4-5,8-10,13-16,21-22,25-26,39H,3,6-7,11-12,17-20H2,1H3,(H,36,40). The number of rotatable bonds is 6. The van der Waals surface area contributed by atoms with Gasteiger partial charge in [-0.3, -0.25) is 9.59 Å². The first-order chi connectivity index (χ1) is 20.5. The van der Waals surface area contributed by atoms with E-state index in [1.54, 1.807) is 30.3 Å². The van der Waals surface area contributed by atoms with E-state index < -0.39 is 5.91 Å². The molecule has 2 fully saturated rings. The molecule has 42 heavy (non-hydrogen) atoms. The van der Waals surface area contributed by atoms with E-state index in [4.69, 9.17) is 9.40 Å². The number of aryl methyl sites for hydroxylation is 1. The summed E-state index contributed by atoms with van der Waals surface area (Å²) in [5.41, 5.74) is 4.32. The third-order valence-electron chi connectivity index (χ3n) is 8.70. The monoisotopic (exact) mass is 563 g/mol. The average Bonchev–Trinajstić information content (AvgIpc) is 3.49. The maximum absolute atomic E-state index is 13.6. The molecular formula is C35H37N3O4. The Balaban J connectivity index is 1.21. The number of phenols is 1. The number of phenolic OH excluding ortho intramolecular Hbond substituents is 1. The Bertz CT molecular complexity index is 1560. The molecule has 2 amide bonds. The Hall–Kier alpha value is -4.39. The quantitative estimate of drug-likeness (QED) is 0.251.